The Kier molecular flexibility index (Phi) is 10.6. The summed E-state index contributed by atoms with van der Waals surface area (Å²) < 4.78 is 4.79. The van der Waals surface area contributed by atoms with Gasteiger partial charge in [-0.2, -0.15) is 0 Å². The Hall–Kier alpha value is -0.840. The van der Waals surface area contributed by atoms with Crippen LogP contribution in [0.2, 0.25) is 0 Å². The van der Waals surface area contributed by atoms with E-state index < -0.39 is 0 Å². The average Bonchev–Trinajstić information content (AvgIpc) is 3.29. The highest BCUT2D eigenvalue weighted by Crippen LogP contribution is 2.30. The fraction of sp³-hybridized carbons (Fsp3) is 0.864. The molecule has 0 amide bonds. The highest BCUT2D eigenvalue weighted by atomic mass is 32.2. The number of esters is 1. The van der Waals surface area contributed by atoms with Crippen LogP contribution >= 0.6 is 11.8 Å². The van der Waals surface area contributed by atoms with Gasteiger partial charge in [0, 0.05) is 24.0 Å². The van der Waals surface area contributed by atoms with Crippen molar-refractivity contribution in [3.8, 4) is 0 Å². The summed E-state index contributed by atoms with van der Waals surface area (Å²) in [6.45, 7) is 13.2. The van der Waals surface area contributed by atoms with E-state index in [9.17, 15) is 14.4 Å². The Morgan fingerprint density at radius 2 is 1.41 bits per heavy atom. The average molecular weight is 399 g/mol. The SMILES string of the molecule is CC(C)[C@H]1CCCC1=O.CC(C)[C@H]1CCOC1=O.CC(C)[C@H]1CCSC1=O. The van der Waals surface area contributed by atoms with Gasteiger partial charge in [0.2, 0.25) is 0 Å². The zero-order valence-corrected chi connectivity index (χ0v) is 18.8. The molecule has 1 aliphatic carbocycles. The molecule has 0 aromatic heterocycles. The lowest BCUT2D eigenvalue weighted by Gasteiger charge is -2.10. The molecule has 1 saturated carbocycles. The van der Waals surface area contributed by atoms with Gasteiger partial charge in [-0.1, -0.05) is 53.3 Å². The van der Waals surface area contributed by atoms with E-state index in [0.717, 1.165) is 37.9 Å². The van der Waals surface area contributed by atoms with Gasteiger partial charge in [0.1, 0.15) is 5.78 Å². The maximum Gasteiger partial charge on any atom is 0.309 e. The van der Waals surface area contributed by atoms with Gasteiger partial charge in [0.15, 0.2) is 5.12 Å². The molecular weight excluding hydrogens is 360 g/mol. The van der Waals surface area contributed by atoms with Crippen molar-refractivity contribution in [1.29, 1.82) is 0 Å². The van der Waals surface area contributed by atoms with Crippen molar-refractivity contribution in [2.45, 2.75) is 73.6 Å². The molecule has 3 atom stereocenters. The first-order valence-electron chi connectivity index (χ1n) is 10.5. The minimum absolute atomic E-state index is 0.00926. The summed E-state index contributed by atoms with van der Waals surface area (Å²) in [7, 11) is 0. The van der Waals surface area contributed by atoms with Crippen molar-refractivity contribution in [2.24, 2.45) is 35.5 Å². The largest absolute Gasteiger partial charge is 0.465 e. The van der Waals surface area contributed by atoms with Crippen molar-refractivity contribution in [3.63, 3.8) is 0 Å². The van der Waals surface area contributed by atoms with Crippen LogP contribution in [0.4, 0.5) is 0 Å². The van der Waals surface area contributed by atoms with Gasteiger partial charge in [-0.3, -0.25) is 14.4 Å². The number of ether oxygens (including phenoxy) is 1. The van der Waals surface area contributed by atoms with E-state index in [4.69, 9.17) is 4.74 Å². The molecule has 156 valence electrons. The zero-order chi connectivity index (χ0) is 20.6. The van der Waals surface area contributed by atoms with Crippen molar-refractivity contribution in [1.82, 2.24) is 0 Å². The fourth-order valence-corrected chi connectivity index (χ4v) is 4.96. The molecule has 0 N–H and O–H groups in total. The predicted molar refractivity (Wildman–Crippen MR) is 112 cm³/mol. The monoisotopic (exact) mass is 398 g/mol. The molecule has 3 rings (SSSR count). The Morgan fingerprint density at radius 1 is 0.815 bits per heavy atom. The third-order valence-corrected chi connectivity index (χ3v) is 6.75. The van der Waals surface area contributed by atoms with Crippen LogP contribution in [0.3, 0.4) is 0 Å². The molecule has 5 heteroatoms. The van der Waals surface area contributed by atoms with E-state index in [2.05, 4.69) is 41.5 Å². The van der Waals surface area contributed by atoms with Crippen molar-refractivity contribution in [2.75, 3.05) is 12.4 Å². The van der Waals surface area contributed by atoms with Gasteiger partial charge in [-0.25, -0.2) is 0 Å². The first-order chi connectivity index (χ1) is 12.6. The quantitative estimate of drug-likeness (QED) is 0.616. The number of Topliss-reactive ketones (excluding diaryl/α,β-unsaturated/α-hetero) is 1. The van der Waals surface area contributed by atoms with Crippen molar-refractivity contribution >= 4 is 28.6 Å². The minimum atomic E-state index is -0.00926. The van der Waals surface area contributed by atoms with E-state index >= 15 is 0 Å². The lowest BCUT2D eigenvalue weighted by Crippen LogP contribution is -2.13. The smallest absolute Gasteiger partial charge is 0.309 e. The Bertz CT molecular complexity index is 427. The Balaban J connectivity index is 0.000000202. The number of thioether (sulfide) groups is 1. The lowest BCUT2D eigenvalue weighted by molar-refractivity contribution is -0.142. The maximum absolute atomic E-state index is 11.0. The normalized spacial score (nSPS) is 27.6. The summed E-state index contributed by atoms with van der Waals surface area (Å²) in [6.07, 6.45) is 5.11. The first-order valence-corrected chi connectivity index (χ1v) is 11.5. The summed E-state index contributed by atoms with van der Waals surface area (Å²) in [6, 6.07) is 0. The molecule has 2 heterocycles. The molecule has 0 aromatic rings. The van der Waals surface area contributed by atoms with E-state index in [1.54, 1.807) is 0 Å². The number of hydrogen-bond acceptors (Lipinski definition) is 5. The number of carbonyl (C=O) groups is 3. The standard InChI is InChI=1S/C8H14O.C7H12O2.C7H12OS/c1-6(2)7-4-3-5-8(7)9;2*1-5(2)6-3-4-9-7(6)8/h6-7H,3-5H2,1-2H3;2*5-6H,3-4H2,1-2H3/t7-;2*6-/m111/s1. The maximum atomic E-state index is 11.0. The number of ketones is 1. The van der Waals surface area contributed by atoms with E-state index in [1.165, 1.54) is 11.8 Å². The second-order valence-electron chi connectivity index (χ2n) is 8.82. The van der Waals surface area contributed by atoms with Crippen LogP contribution < -0.4 is 0 Å². The Morgan fingerprint density at radius 3 is 1.63 bits per heavy atom. The predicted octanol–water partition coefficient (Wildman–Crippen LogP) is 5.14. The van der Waals surface area contributed by atoms with Crippen LogP contribution in [0.15, 0.2) is 0 Å². The summed E-state index contributed by atoms with van der Waals surface area (Å²) in [5.41, 5.74) is 0. The van der Waals surface area contributed by atoms with Crippen LogP contribution in [-0.2, 0) is 19.1 Å². The van der Waals surface area contributed by atoms with Crippen LogP contribution in [-0.4, -0.2) is 29.2 Å². The number of hydrogen-bond donors (Lipinski definition) is 0. The molecule has 27 heavy (non-hydrogen) atoms. The molecular formula is C22H38O4S. The molecule has 0 spiro atoms. The Labute approximate surface area is 169 Å². The van der Waals surface area contributed by atoms with Gasteiger partial charge >= 0.3 is 5.97 Å². The molecule has 2 saturated heterocycles. The van der Waals surface area contributed by atoms with Gasteiger partial charge < -0.3 is 4.74 Å². The number of rotatable bonds is 3. The first kappa shape index (κ1) is 24.2. The summed E-state index contributed by atoms with van der Waals surface area (Å²) >= 11 is 1.49. The van der Waals surface area contributed by atoms with Crippen LogP contribution in [0, 0.1) is 35.5 Å². The van der Waals surface area contributed by atoms with Gasteiger partial charge in [-0.15, -0.1) is 0 Å². The molecule has 0 aromatic carbocycles. The van der Waals surface area contributed by atoms with Crippen LogP contribution in [0.1, 0.15) is 73.6 Å². The third-order valence-electron chi connectivity index (χ3n) is 5.72. The van der Waals surface area contributed by atoms with Gasteiger partial charge in [0.05, 0.1) is 12.5 Å². The summed E-state index contributed by atoms with van der Waals surface area (Å²) in [5, 5.41) is 0.407. The molecule has 0 radical (unpaired) electrons. The van der Waals surface area contributed by atoms with Gasteiger partial charge in [-0.05, 0) is 43.4 Å². The topological polar surface area (TPSA) is 60.4 Å². The van der Waals surface area contributed by atoms with Crippen LogP contribution in [0.25, 0.3) is 0 Å². The van der Waals surface area contributed by atoms with Crippen molar-refractivity contribution in [3.05, 3.63) is 0 Å². The fourth-order valence-electron chi connectivity index (χ4n) is 3.78. The molecule has 0 unspecified atom stereocenters. The van der Waals surface area contributed by atoms with Crippen molar-refractivity contribution < 1.29 is 19.1 Å². The molecule has 3 aliphatic rings. The number of cyclic esters (lactones) is 1. The molecule has 2 aliphatic heterocycles. The molecule has 4 nitrogen and oxygen atoms in total. The van der Waals surface area contributed by atoms with Crippen LogP contribution in [0.5, 0.6) is 0 Å². The highest BCUT2D eigenvalue weighted by molar-refractivity contribution is 8.14. The second-order valence-corrected chi connectivity index (χ2v) is 9.92. The minimum Gasteiger partial charge on any atom is -0.465 e. The second kappa shape index (κ2) is 11.9. The van der Waals surface area contributed by atoms with E-state index in [0.29, 0.717) is 47.1 Å². The molecule has 3 fully saturated rings. The third kappa shape index (κ3) is 7.97. The zero-order valence-electron chi connectivity index (χ0n) is 18.0. The highest BCUT2D eigenvalue weighted by Gasteiger charge is 2.29. The molecule has 0 bridgehead atoms. The van der Waals surface area contributed by atoms with Gasteiger partial charge in [0.25, 0.3) is 0 Å². The summed E-state index contributed by atoms with van der Waals surface area (Å²) in [4.78, 5) is 32.8. The number of carbonyl (C=O) groups excluding carboxylic acids is 3. The lowest BCUT2D eigenvalue weighted by atomic mass is 9.94. The summed E-state index contributed by atoms with van der Waals surface area (Å²) in [5.74, 6) is 4.01. The van der Waals surface area contributed by atoms with E-state index in [-0.39, 0.29) is 11.9 Å². The van der Waals surface area contributed by atoms with E-state index in [1.807, 2.05) is 0 Å².